The second-order valence-corrected chi connectivity index (χ2v) is 10.0. The minimum atomic E-state index is -0.705. The zero-order valence-electron chi connectivity index (χ0n) is 25.9. The SMILES string of the molecule is COC(=O)c1c(-c2cc(OC)c(OC)c(OC)c2)c2ccc(OCc3ccc(OC)cc3)nc2c(=O)n1Cc1ccnc(C)c1. The number of carbonyl (C=O) groups is 1. The number of fused-ring (bicyclic) bond motifs is 1. The van der Waals surface area contributed by atoms with E-state index in [9.17, 15) is 9.59 Å². The number of pyridine rings is 3. The highest BCUT2D eigenvalue weighted by Gasteiger charge is 2.27. The first-order chi connectivity index (χ1) is 21.8. The Morgan fingerprint density at radius 1 is 0.822 bits per heavy atom. The topological polar surface area (TPSA) is 120 Å². The first-order valence-electron chi connectivity index (χ1n) is 13.9. The normalized spacial score (nSPS) is 10.8. The number of aromatic nitrogens is 3. The molecule has 232 valence electrons. The third kappa shape index (κ3) is 6.23. The molecule has 11 heteroatoms. The van der Waals surface area contributed by atoms with Gasteiger partial charge in [0.1, 0.15) is 23.6 Å². The van der Waals surface area contributed by atoms with E-state index in [4.69, 9.17) is 28.4 Å². The summed E-state index contributed by atoms with van der Waals surface area (Å²) in [4.78, 5) is 36.7. The number of hydrogen-bond donors (Lipinski definition) is 0. The van der Waals surface area contributed by atoms with Crippen molar-refractivity contribution in [2.75, 3.05) is 35.5 Å². The lowest BCUT2D eigenvalue weighted by atomic mass is 9.97. The van der Waals surface area contributed by atoms with E-state index in [1.165, 1.54) is 33.0 Å². The molecule has 0 atom stereocenters. The first kappa shape index (κ1) is 30.9. The van der Waals surface area contributed by atoms with Crippen LogP contribution in [0.3, 0.4) is 0 Å². The number of aryl methyl sites for hydroxylation is 1. The average Bonchev–Trinajstić information content (AvgIpc) is 3.07. The molecular formula is C34H33N3O8. The number of esters is 1. The maximum Gasteiger partial charge on any atom is 0.355 e. The molecule has 0 aliphatic heterocycles. The number of benzene rings is 2. The molecule has 0 aliphatic rings. The number of nitrogens with zero attached hydrogens (tertiary/aromatic N) is 3. The van der Waals surface area contributed by atoms with Gasteiger partial charge in [-0.2, -0.15) is 0 Å². The number of hydrogen-bond acceptors (Lipinski definition) is 10. The van der Waals surface area contributed by atoms with Crippen molar-refractivity contribution in [2.24, 2.45) is 0 Å². The molecule has 5 rings (SSSR count). The Kier molecular flexibility index (Phi) is 9.17. The van der Waals surface area contributed by atoms with Crippen LogP contribution in [0.1, 0.15) is 27.3 Å². The zero-order valence-corrected chi connectivity index (χ0v) is 25.9. The number of ether oxygens (including phenoxy) is 6. The van der Waals surface area contributed by atoms with Gasteiger partial charge in [-0.15, -0.1) is 0 Å². The summed E-state index contributed by atoms with van der Waals surface area (Å²) in [5.41, 5.74) is 2.97. The van der Waals surface area contributed by atoms with Crippen LogP contribution in [0.2, 0.25) is 0 Å². The fourth-order valence-electron chi connectivity index (χ4n) is 5.12. The van der Waals surface area contributed by atoms with Gasteiger partial charge >= 0.3 is 5.97 Å². The molecule has 0 unspecified atom stereocenters. The molecule has 0 bridgehead atoms. The van der Waals surface area contributed by atoms with Crippen LogP contribution in [0.15, 0.2) is 71.7 Å². The quantitative estimate of drug-likeness (QED) is 0.184. The Morgan fingerprint density at radius 2 is 1.53 bits per heavy atom. The molecule has 0 saturated heterocycles. The molecule has 0 aliphatic carbocycles. The summed E-state index contributed by atoms with van der Waals surface area (Å²) in [5.74, 6) is 1.37. The Morgan fingerprint density at radius 3 is 2.13 bits per heavy atom. The van der Waals surface area contributed by atoms with Gasteiger partial charge in [-0.1, -0.05) is 12.1 Å². The summed E-state index contributed by atoms with van der Waals surface area (Å²) in [6.07, 6.45) is 1.65. The van der Waals surface area contributed by atoms with Crippen molar-refractivity contribution < 1.29 is 33.2 Å². The first-order valence-corrected chi connectivity index (χ1v) is 13.9. The highest BCUT2D eigenvalue weighted by Crippen LogP contribution is 2.43. The van der Waals surface area contributed by atoms with Crippen LogP contribution in [0.25, 0.3) is 22.0 Å². The second-order valence-electron chi connectivity index (χ2n) is 10.0. The molecule has 3 aromatic heterocycles. The second kappa shape index (κ2) is 13.4. The Labute approximate surface area is 259 Å². The molecule has 11 nitrogen and oxygen atoms in total. The summed E-state index contributed by atoms with van der Waals surface area (Å²) < 4.78 is 34.6. The van der Waals surface area contributed by atoms with Crippen molar-refractivity contribution in [3.63, 3.8) is 0 Å². The fraction of sp³-hybridized carbons (Fsp3) is 0.235. The lowest BCUT2D eigenvalue weighted by Gasteiger charge is -2.20. The van der Waals surface area contributed by atoms with Crippen LogP contribution in [-0.2, 0) is 17.9 Å². The van der Waals surface area contributed by atoms with E-state index in [0.29, 0.717) is 33.8 Å². The van der Waals surface area contributed by atoms with Crippen LogP contribution >= 0.6 is 0 Å². The van der Waals surface area contributed by atoms with Crippen LogP contribution in [-0.4, -0.2) is 56.1 Å². The van der Waals surface area contributed by atoms with Gasteiger partial charge in [0.05, 0.1) is 42.1 Å². The lowest BCUT2D eigenvalue weighted by molar-refractivity contribution is 0.0588. The Hall–Kier alpha value is -5.58. The fourth-order valence-corrected chi connectivity index (χ4v) is 5.12. The van der Waals surface area contributed by atoms with Crippen LogP contribution in [0.5, 0.6) is 28.9 Å². The summed E-state index contributed by atoms with van der Waals surface area (Å²) in [6.45, 7) is 2.12. The van der Waals surface area contributed by atoms with E-state index in [-0.39, 0.29) is 30.2 Å². The number of carbonyl (C=O) groups excluding carboxylic acids is 1. The largest absolute Gasteiger partial charge is 0.497 e. The van der Waals surface area contributed by atoms with Crippen molar-refractivity contribution in [1.29, 1.82) is 0 Å². The third-order valence-corrected chi connectivity index (χ3v) is 7.27. The molecule has 0 amide bonds. The number of methoxy groups -OCH3 is 5. The zero-order chi connectivity index (χ0) is 32.1. The molecule has 5 aromatic rings. The van der Waals surface area contributed by atoms with Gasteiger partial charge in [0.15, 0.2) is 11.5 Å². The van der Waals surface area contributed by atoms with E-state index in [1.54, 1.807) is 43.6 Å². The molecule has 0 radical (unpaired) electrons. The van der Waals surface area contributed by atoms with E-state index in [0.717, 1.165) is 22.6 Å². The molecular weight excluding hydrogens is 578 g/mol. The predicted octanol–water partition coefficient (Wildman–Crippen LogP) is 5.22. The predicted molar refractivity (Wildman–Crippen MR) is 168 cm³/mol. The highest BCUT2D eigenvalue weighted by atomic mass is 16.5. The monoisotopic (exact) mass is 611 g/mol. The van der Waals surface area contributed by atoms with E-state index < -0.39 is 11.5 Å². The third-order valence-electron chi connectivity index (χ3n) is 7.27. The minimum Gasteiger partial charge on any atom is -0.497 e. The molecule has 3 heterocycles. The summed E-state index contributed by atoms with van der Waals surface area (Å²) in [6, 6.07) is 17.9. The van der Waals surface area contributed by atoms with E-state index in [2.05, 4.69) is 9.97 Å². The van der Waals surface area contributed by atoms with Gasteiger partial charge < -0.3 is 28.4 Å². The van der Waals surface area contributed by atoms with Crippen LogP contribution in [0, 0.1) is 6.92 Å². The maximum absolute atomic E-state index is 14.2. The summed E-state index contributed by atoms with van der Waals surface area (Å²) in [7, 11) is 7.38. The van der Waals surface area contributed by atoms with Gasteiger partial charge in [-0.05, 0) is 66.1 Å². The van der Waals surface area contributed by atoms with Gasteiger partial charge in [0.25, 0.3) is 5.56 Å². The molecule has 0 N–H and O–H groups in total. The van der Waals surface area contributed by atoms with Crippen molar-refractivity contribution >= 4 is 16.9 Å². The number of rotatable bonds is 11. The van der Waals surface area contributed by atoms with Crippen molar-refractivity contribution in [3.8, 4) is 40.0 Å². The maximum atomic E-state index is 14.2. The van der Waals surface area contributed by atoms with Gasteiger partial charge in [0.2, 0.25) is 11.6 Å². The minimum absolute atomic E-state index is 0.0347. The summed E-state index contributed by atoms with van der Waals surface area (Å²) in [5, 5.41) is 0.411. The summed E-state index contributed by atoms with van der Waals surface area (Å²) >= 11 is 0. The van der Waals surface area contributed by atoms with Crippen LogP contribution < -0.4 is 29.2 Å². The molecule has 45 heavy (non-hydrogen) atoms. The molecule has 0 spiro atoms. The average molecular weight is 612 g/mol. The van der Waals surface area contributed by atoms with Crippen molar-refractivity contribution in [3.05, 3.63) is 99.7 Å². The van der Waals surface area contributed by atoms with E-state index in [1.807, 2.05) is 37.3 Å². The van der Waals surface area contributed by atoms with Gasteiger partial charge in [-0.25, -0.2) is 9.78 Å². The smallest absolute Gasteiger partial charge is 0.355 e. The van der Waals surface area contributed by atoms with Crippen LogP contribution in [0.4, 0.5) is 0 Å². The Balaban J connectivity index is 1.76. The standard InChI is InChI=1S/C34H33N3O8/c1-20-15-22(13-14-35-20)18-37-31(34(39)44-6)29(23-16-26(41-3)32(43-5)27(17-23)42-4)25-11-12-28(36-30(25)33(37)38)45-19-21-7-9-24(40-2)10-8-21/h7-17H,18-19H2,1-6H3. The molecule has 0 fully saturated rings. The lowest BCUT2D eigenvalue weighted by Crippen LogP contribution is -2.29. The van der Waals surface area contributed by atoms with Crippen molar-refractivity contribution in [1.82, 2.24) is 14.5 Å². The van der Waals surface area contributed by atoms with Crippen molar-refractivity contribution in [2.45, 2.75) is 20.1 Å². The highest BCUT2D eigenvalue weighted by molar-refractivity contribution is 6.06. The molecule has 2 aromatic carbocycles. The van der Waals surface area contributed by atoms with Gasteiger partial charge in [-0.3, -0.25) is 14.3 Å². The van der Waals surface area contributed by atoms with E-state index >= 15 is 0 Å². The Bertz CT molecular complexity index is 1890. The van der Waals surface area contributed by atoms with Gasteiger partial charge in [0, 0.05) is 28.9 Å². The molecule has 0 saturated carbocycles.